The lowest BCUT2D eigenvalue weighted by Gasteiger charge is -2.14. The Morgan fingerprint density at radius 3 is 2.67 bits per heavy atom. The lowest BCUT2D eigenvalue weighted by molar-refractivity contribution is 0.868. The molecule has 0 amide bonds. The Morgan fingerprint density at radius 1 is 1.53 bits per heavy atom. The molecule has 1 aromatic rings. The van der Waals surface area contributed by atoms with E-state index in [2.05, 4.69) is 44.5 Å². The molecule has 0 aliphatic rings. The minimum atomic E-state index is -0.0635. The van der Waals surface area contributed by atoms with E-state index in [1.807, 2.05) is 0 Å². The van der Waals surface area contributed by atoms with Crippen molar-refractivity contribution in [2.45, 2.75) is 13.8 Å². The molecule has 0 fully saturated rings. The van der Waals surface area contributed by atoms with Crippen LogP contribution in [0.1, 0.15) is 16.7 Å². The zero-order valence-electron chi connectivity index (χ0n) is 9.38. The summed E-state index contributed by atoms with van der Waals surface area (Å²) >= 11 is 0. The van der Waals surface area contributed by atoms with Gasteiger partial charge in [0.05, 0.1) is 5.92 Å². The largest absolute Gasteiger partial charge is 0.329 e. The van der Waals surface area contributed by atoms with Crippen molar-refractivity contribution in [2.75, 3.05) is 6.54 Å². The molecule has 78 valence electrons. The molecular weight excluding hydrogens is 182 g/mol. The summed E-state index contributed by atoms with van der Waals surface area (Å²) < 4.78 is 0. The van der Waals surface area contributed by atoms with Crippen molar-refractivity contribution in [3.8, 4) is 12.3 Å². The van der Waals surface area contributed by atoms with Gasteiger partial charge in [-0.1, -0.05) is 36.3 Å². The molecule has 1 nitrogen and oxygen atoms in total. The standard InChI is InChI=1S/C14H17N/c1-5-13(9-15)12(4)14-7-6-10(2)8-11(14)3/h1,6-8,13H,4,9,15H2,2-3H3. The second-order valence-electron chi connectivity index (χ2n) is 3.80. The molecule has 1 heteroatoms. The molecule has 0 aromatic heterocycles. The highest BCUT2D eigenvalue weighted by atomic mass is 14.5. The highest BCUT2D eigenvalue weighted by molar-refractivity contribution is 5.70. The van der Waals surface area contributed by atoms with Gasteiger partial charge in [-0.05, 0) is 30.5 Å². The predicted molar refractivity (Wildman–Crippen MR) is 66.3 cm³/mol. The molecule has 0 bridgehead atoms. The van der Waals surface area contributed by atoms with Crippen LogP contribution in [0.3, 0.4) is 0 Å². The first-order valence-corrected chi connectivity index (χ1v) is 5.02. The predicted octanol–water partition coefficient (Wildman–Crippen LogP) is 2.52. The Balaban J connectivity index is 3.07. The molecule has 0 aliphatic heterocycles. The summed E-state index contributed by atoms with van der Waals surface area (Å²) in [6.45, 7) is 8.62. The summed E-state index contributed by atoms with van der Waals surface area (Å²) in [4.78, 5) is 0. The third-order valence-electron chi connectivity index (χ3n) is 2.59. The molecule has 0 spiro atoms. The molecule has 1 aromatic carbocycles. The van der Waals surface area contributed by atoms with Crippen molar-refractivity contribution in [1.29, 1.82) is 0 Å². The van der Waals surface area contributed by atoms with E-state index >= 15 is 0 Å². The Bertz CT molecular complexity index is 410. The lowest BCUT2D eigenvalue weighted by Crippen LogP contribution is -2.14. The molecule has 1 unspecified atom stereocenters. The normalized spacial score (nSPS) is 11.9. The first kappa shape index (κ1) is 11.6. The number of aryl methyl sites for hydroxylation is 2. The topological polar surface area (TPSA) is 26.0 Å². The molecule has 0 radical (unpaired) electrons. The van der Waals surface area contributed by atoms with Crippen LogP contribution in [0, 0.1) is 32.1 Å². The van der Waals surface area contributed by atoms with Crippen molar-refractivity contribution in [3.63, 3.8) is 0 Å². The first-order chi connectivity index (χ1) is 7.10. The monoisotopic (exact) mass is 199 g/mol. The van der Waals surface area contributed by atoms with Crippen molar-refractivity contribution in [1.82, 2.24) is 0 Å². The van der Waals surface area contributed by atoms with Crippen molar-refractivity contribution < 1.29 is 0 Å². The molecule has 0 saturated heterocycles. The van der Waals surface area contributed by atoms with Gasteiger partial charge in [0.25, 0.3) is 0 Å². The fraction of sp³-hybridized carbons (Fsp3) is 0.286. The lowest BCUT2D eigenvalue weighted by atomic mass is 9.91. The maximum absolute atomic E-state index is 5.60. The number of hydrogen-bond acceptors (Lipinski definition) is 1. The molecular formula is C14H17N. The van der Waals surface area contributed by atoms with Crippen molar-refractivity contribution in [2.24, 2.45) is 11.7 Å². The van der Waals surface area contributed by atoms with E-state index < -0.39 is 0 Å². The van der Waals surface area contributed by atoms with E-state index in [9.17, 15) is 0 Å². The van der Waals surface area contributed by atoms with Crippen LogP contribution in [-0.2, 0) is 0 Å². The van der Waals surface area contributed by atoms with Crippen molar-refractivity contribution >= 4 is 5.57 Å². The van der Waals surface area contributed by atoms with Crippen LogP contribution in [0.2, 0.25) is 0 Å². The number of hydrogen-bond donors (Lipinski definition) is 1. The molecule has 0 heterocycles. The van der Waals surface area contributed by atoms with Gasteiger partial charge in [0.2, 0.25) is 0 Å². The summed E-state index contributed by atoms with van der Waals surface area (Å²) in [5.74, 6) is 2.60. The Hall–Kier alpha value is -1.52. The van der Waals surface area contributed by atoms with Gasteiger partial charge < -0.3 is 5.73 Å². The van der Waals surface area contributed by atoms with E-state index in [0.717, 1.165) is 11.1 Å². The van der Waals surface area contributed by atoms with Gasteiger partial charge in [0, 0.05) is 6.54 Å². The molecule has 1 atom stereocenters. The molecule has 2 N–H and O–H groups in total. The average Bonchev–Trinajstić information content (AvgIpc) is 2.19. The van der Waals surface area contributed by atoms with Gasteiger partial charge in [-0.3, -0.25) is 0 Å². The summed E-state index contributed by atoms with van der Waals surface area (Å²) in [6.07, 6.45) is 5.41. The maximum Gasteiger partial charge on any atom is 0.0572 e. The number of benzene rings is 1. The highest BCUT2D eigenvalue weighted by Crippen LogP contribution is 2.24. The van der Waals surface area contributed by atoms with Gasteiger partial charge in [-0.15, -0.1) is 6.42 Å². The minimum Gasteiger partial charge on any atom is -0.329 e. The van der Waals surface area contributed by atoms with Gasteiger partial charge >= 0.3 is 0 Å². The highest BCUT2D eigenvalue weighted by Gasteiger charge is 2.11. The smallest absolute Gasteiger partial charge is 0.0572 e. The fourth-order valence-electron chi connectivity index (χ4n) is 1.67. The summed E-state index contributed by atoms with van der Waals surface area (Å²) in [5, 5.41) is 0. The Kier molecular flexibility index (Phi) is 3.71. The first-order valence-electron chi connectivity index (χ1n) is 5.02. The molecule has 0 aliphatic carbocycles. The average molecular weight is 199 g/mol. The number of nitrogens with two attached hydrogens (primary N) is 1. The van der Waals surface area contributed by atoms with Crippen molar-refractivity contribution in [3.05, 3.63) is 41.5 Å². The number of rotatable bonds is 3. The second kappa shape index (κ2) is 4.82. The van der Waals surface area contributed by atoms with Gasteiger partial charge in [-0.25, -0.2) is 0 Å². The Labute approximate surface area is 92.0 Å². The molecule has 0 saturated carbocycles. The fourth-order valence-corrected chi connectivity index (χ4v) is 1.67. The van der Waals surface area contributed by atoms with Crippen LogP contribution in [-0.4, -0.2) is 6.54 Å². The summed E-state index contributed by atoms with van der Waals surface area (Å²) in [5.41, 5.74) is 10.1. The minimum absolute atomic E-state index is 0.0635. The third kappa shape index (κ3) is 2.49. The Morgan fingerprint density at radius 2 is 2.20 bits per heavy atom. The molecule has 15 heavy (non-hydrogen) atoms. The van der Waals surface area contributed by atoms with Crippen LogP contribution in [0.15, 0.2) is 24.8 Å². The zero-order chi connectivity index (χ0) is 11.4. The van der Waals surface area contributed by atoms with Gasteiger partial charge in [0.15, 0.2) is 0 Å². The summed E-state index contributed by atoms with van der Waals surface area (Å²) in [7, 11) is 0. The summed E-state index contributed by atoms with van der Waals surface area (Å²) in [6, 6.07) is 6.26. The van der Waals surface area contributed by atoms with E-state index in [1.54, 1.807) is 0 Å². The SMILES string of the molecule is C#CC(CN)C(=C)c1ccc(C)cc1C. The number of terminal acetylenes is 1. The second-order valence-corrected chi connectivity index (χ2v) is 3.80. The van der Waals surface area contributed by atoms with E-state index in [0.29, 0.717) is 6.54 Å². The van der Waals surface area contributed by atoms with Crippen LogP contribution < -0.4 is 5.73 Å². The zero-order valence-corrected chi connectivity index (χ0v) is 9.38. The van der Waals surface area contributed by atoms with E-state index in [4.69, 9.17) is 12.2 Å². The van der Waals surface area contributed by atoms with E-state index in [-0.39, 0.29) is 5.92 Å². The van der Waals surface area contributed by atoms with Gasteiger partial charge in [0.1, 0.15) is 0 Å². The van der Waals surface area contributed by atoms with Crippen LogP contribution in [0.25, 0.3) is 5.57 Å². The van der Waals surface area contributed by atoms with Crippen LogP contribution in [0.5, 0.6) is 0 Å². The van der Waals surface area contributed by atoms with Gasteiger partial charge in [-0.2, -0.15) is 0 Å². The quantitative estimate of drug-likeness (QED) is 0.744. The third-order valence-corrected chi connectivity index (χ3v) is 2.59. The molecule has 1 rings (SSSR count). The maximum atomic E-state index is 5.60. The van der Waals surface area contributed by atoms with Crippen LogP contribution >= 0.6 is 0 Å². The van der Waals surface area contributed by atoms with Crippen LogP contribution in [0.4, 0.5) is 0 Å². The van der Waals surface area contributed by atoms with E-state index in [1.165, 1.54) is 11.1 Å².